The smallest absolute Gasteiger partial charge is 0.306 e. The number of allylic oxidation sites excluding steroid dienone is 22. The molecule has 6 nitrogen and oxygen atoms in total. The quantitative estimate of drug-likeness (QED) is 0.0262. The highest BCUT2D eigenvalue weighted by Gasteiger charge is 2.19. The lowest BCUT2D eigenvalue weighted by atomic mass is 10.1. The van der Waals surface area contributed by atoms with E-state index in [-0.39, 0.29) is 44.0 Å². The molecule has 0 aliphatic heterocycles. The van der Waals surface area contributed by atoms with Crippen molar-refractivity contribution in [3.8, 4) is 0 Å². The van der Waals surface area contributed by atoms with Gasteiger partial charge in [0.15, 0.2) is 6.10 Å². The molecule has 0 aliphatic carbocycles. The molecule has 0 bridgehead atoms. The fraction of sp³-hybridized carbons (Fsp3) is 0.609. The molecule has 70 heavy (non-hydrogen) atoms. The van der Waals surface area contributed by atoms with Gasteiger partial charge in [-0.1, -0.05) is 219 Å². The molecule has 0 aliphatic rings. The van der Waals surface area contributed by atoms with Crippen molar-refractivity contribution in [1.29, 1.82) is 0 Å². The van der Waals surface area contributed by atoms with Gasteiger partial charge in [-0.3, -0.25) is 14.4 Å². The maximum Gasteiger partial charge on any atom is 0.306 e. The van der Waals surface area contributed by atoms with Gasteiger partial charge < -0.3 is 14.2 Å². The van der Waals surface area contributed by atoms with Crippen LogP contribution in [0.1, 0.15) is 233 Å². The molecule has 1 atom stereocenters. The van der Waals surface area contributed by atoms with Gasteiger partial charge in [-0.15, -0.1) is 0 Å². The van der Waals surface area contributed by atoms with E-state index in [0.29, 0.717) is 19.3 Å². The average molecular weight is 968 g/mol. The molecule has 0 saturated heterocycles. The topological polar surface area (TPSA) is 78.9 Å². The van der Waals surface area contributed by atoms with Crippen molar-refractivity contribution >= 4 is 17.9 Å². The van der Waals surface area contributed by atoms with Gasteiger partial charge in [-0.25, -0.2) is 0 Å². The second kappa shape index (κ2) is 57.1. The predicted molar refractivity (Wildman–Crippen MR) is 302 cm³/mol. The molecule has 0 aromatic rings. The summed E-state index contributed by atoms with van der Waals surface area (Å²) in [4.78, 5) is 38.1. The Morgan fingerprint density at radius 1 is 0.300 bits per heavy atom. The fourth-order valence-corrected chi connectivity index (χ4v) is 7.15. The highest BCUT2D eigenvalue weighted by molar-refractivity contribution is 5.71. The largest absolute Gasteiger partial charge is 0.462 e. The zero-order chi connectivity index (χ0) is 50.7. The van der Waals surface area contributed by atoms with Gasteiger partial charge in [0.25, 0.3) is 0 Å². The summed E-state index contributed by atoms with van der Waals surface area (Å²) < 4.78 is 16.7. The predicted octanol–water partition coefficient (Wildman–Crippen LogP) is 19.0. The second-order valence-corrected chi connectivity index (χ2v) is 18.1. The minimum absolute atomic E-state index is 0.123. The first kappa shape index (κ1) is 65.5. The average Bonchev–Trinajstić information content (AvgIpc) is 3.36. The van der Waals surface area contributed by atoms with Gasteiger partial charge >= 0.3 is 17.9 Å². The zero-order valence-corrected chi connectivity index (χ0v) is 45.0. The van der Waals surface area contributed by atoms with Crippen molar-refractivity contribution in [2.45, 2.75) is 239 Å². The van der Waals surface area contributed by atoms with Crippen LogP contribution in [0.5, 0.6) is 0 Å². The second-order valence-electron chi connectivity index (χ2n) is 18.1. The molecule has 0 heterocycles. The van der Waals surface area contributed by atoms with E-state index >= 15 is 0 Å². The summed E-state index contributed by atoms with van der Waals surface area (Å²) in [6.45, 7) is 6.38. The van der Waals surface area contributed by atoms with Crippen LogP contribution in [0.4, 0.5) is 0 Å². The third-order valence-corrected chi connectivity index (χ3v) is 11.4. The molecule has 0 radical (unpaired) electrons. The molecular weight excluding hydrogens is 865 g/mol. The number of carbonyl (C=O) groups is 3. The van der Waals surface area contributed by atoms with Crippen LogP contribution in [0, 0.1) is 0 Å². The van der Waals surface area contributed by atoms with E-state index in [2.05, 4.69) is 142 Å². The van der Waals surface area contributed by atoms with E-state index in [1.807, 2.05) is 12.2 Å². The number of carbonyl (C=O) groups excluding carboxylic acids is 3. The fourth-order valence-electron chi connectivity index (χ4n) is 7.15. The first-order chi connectivity index (χ1) is 34.5. The van der Waals surface area contributed by atoms with Gasteiger partial charge in [0, 0.05) is 19.3 Å². The summed E-state index contributed by atoms with van der Waals surface area (Å²) >= 11 is 0. The van der Waals surface area contributed by atoms with Crippen LogP contribution in [0.25, 0.3) is 0 Å². The molecule has 6 heteroatoms. The summed E-state index contributed by atoms with van der Waals surface area (Å²) in [6.07, 6.45) is 80.2. The summed E-state index contributed by atoms with van der Waals surface area (Å²) in [7, 11) is 0. The molecule has 0 aromatic carbocycles. The molecular formula is C64H102O6. The Morgan fingerprint density at radius 2 is 0.586 bits per heavy atom. The normalized spacial score (nSPS) is 13.1. The highest BCUT2D eigenvalue weighted by atomic mass is 16.6. The van der Waals surface area contributed by atoms with Crippen LogP contribution in [-0.4, -0.2) is 37.2 Å². The Labute approximate surface area is 430 Å². The maximum atomic E-state index is 12.8. The van der Waals surface area contributed by atoms with Gasteiger partial charge in [0.05, 0.1) is 0 Å². The molecule has 0 N–H and O–H groups in total. The van der Waals surface area contributed by atoms with Crippen molar-refractivity contribution in [2.75, 3.05) is 13.2 Å². The number of unbranched alkanes of at least 4 members (excludes halogenated alkanes) is 16. The van der Waals surface area contributed by atoms with Gasteiger partial charge in [0.1, 0.15) is 13.2 Å². The minimum Gasteiger partial charge on any atom is -0.462 e. The maximum absolute atomic E-state index is 12.8. The number of ether oxygens (including phenoxy) is 3. The lowest BCUT2D eigenvalue weighted by Crippen LogP contribution is -2.30. The summed E-state index contributed by atoms with van der Waals surface area (Å²) in [6, 6.07) is 0. The van der Waals surface area contributed by atoms with Crippen LogP contribution in [0.2, 0.25) is 0 Å². The SMILES string of the molecule is CC/C=C/C/C=C/C/C=C/C/C=C/C/C=C/C/C=C/CCC(=O)OC[C@@H](COC(=O)CCCCCCC/C=C/CCCCCCC)OC(=O)CCCCC/C=C/C/C=C/C/C=C/C/C=C/CCCCC. The molecule has 0 spiro atoms. The molecule has 0 unspecified atom stereocenters. The van der Waals surface area contributed by atoms with E-state index in [9.17, 15) is 14.4 Å². The lowest BCUT2D eigenvalue weighted by molar-refractivity contribution is -0.166. The summed E-state index contributed by atoms with van der Waals surface area (Å²) in [5, 5.41) is 0. The molecule has 0 rings (SSSR count). The third kappa shape index (κ3) is 54.5. The Kier molecular flexibility index (Phi) is 53.5. The van der Waals surface area contributed by atoms with Crippen LogP contribution >= 0.6 is 0 Å². The van der Waals surface area contributed by atoms with E-state index in [4.69, 9.17) is 14.2 Å². The third-order valence-electron chi connectivity index (χ3n) is 11.4. The monoisotopic (exact) mass is 967 g/mol. The lowest BCUT2D eigenvalue weighted by Gasteiger charge is -2.18. The van der Waals surface area contributed by atoms with Crippen molar-refractivity contribution < 1.29 is 28.6 Å². The Bertz CT molecular complexity index is 1530. The van der Waals surface area contributed by atoms with E-state index in [0.717, 1.165) is 109 Å². The molecule has 0 saturated carbocycles. The Hall–Kier alpha value is -4.45. The number of rotatable bonds is 49. The Morgan fingerprint density at radius 3 is 1.01 bits per heavy atom. The standard InChI is InChI=1S/C64H102O6/c1-4-7-10-13-16-19-22-25-28-30-32-34-36-39-42-45-48-51-54-57-63(66)69-60-61(59-68-62(65)56-53-50-47-44-41-38-27-24-21-18-15-12-9-6-3)70-64(67)58-55-52-49-46-43-40-37-35-33-31-29-26-23-20-17-14-11-8-5-2/h7,10,16-17,19-20,24-29,32-35,39-40,42-43,48,51,61H,4-6,8-9,11-15,18,21-23,30-31,36-38,41,44-47,49-50,52-60H2,1-3H3/b10-7+,19-16+,20-17+,27-24+,28-25+,29-26+,34-32+,35-33+,42-39+,43-40+,51-48+/t61-/m1/s1. The minimum atomic E-state index is -0.834. The van der Waals surface area contributed by atoms with Crippen LogP contribution in [0.15, 0.2) is 134 Å². The highest BCUT2D eigenvalue weighted by Crippen LogP contribution is 2.12. The molecule has 0 fully saturated rings. The van der Waals surface area contributed by atoms with Gasteiger partial charge in [-0.05, 0) is 128 Å². The number of hydrogen-bond acceptors (Lipinski definition) is 6. The van der Waals surface area contributed by atoms with Crippen molar-refractivity contribution in [3.05, 3.63) is 134 Å². The van der Waals surface area contributed by atoms with Crippen molar-refractivity contribution in [2.24, 2.45) is 0 Å². The Balaban J connectivity index is 4.60. The van der Waals surface area contributed by atoms with E-state index < -0.39 is 6.10 Å². The summed E-state index contributed by atoms with van der Waals surface area (Å²) in [5.74, 6) is -1.06. The number of esters is 3. The van der Waals surface area contributed by atoms with E-state index in [1.54, 1.807) is 0 Å². The van der Waals surface area contributed by atoms with Crippen LogP contribution in [0.3, 0.4) is 0 Å². The van der Waals surface area contributed by atoms with Gasteiger partial charge in [-0.2, -0.15) is 0 Å². The molecule has 0 amide bonds. The summed E-state index contributed by atoms with van der Waals surface area (Å²) in [5.41, 5.74) is 0. The number of hydrogen-bond donors (Lipinski definition) is 0. The van der Waals surface area contributed by atoms with Gasteiger partial charge in [0.2, 0.25) is 0 Å². The molecule has 0 aromatic heterocycles. The zero-order valence-electron chi connectivity index (χ0n) is 45.0. The first-order valence-electron chi connectivity index (χ1n) is 28.2. The van der Waals surface area contributed by atoms with Crippen LogP contribution in [-0.2, 0) is 28.6 Å². The van der Waals surface area contributed by atoms with Crippen LogP contribution < -0.4 is 0 Å². The first-order valence-corrected chi connectivity index (χ1v) is 28.2. The van der Waals surface area contributed by atoms with Crippen molar-refractivity contribution in [1.82, 2.24) is 0 Å². The van der Waals surface area contributed by atoms with E-state index in [1.165, 1.54) is 70.6 Å². The van der Waals surface area contributed by atoms with Crippen molar-refractivity contribution in [3.63, 3.8) is 0 Å². The molecule has 394 valence electrons.